The van der Waals surface area contributed by atoms with Crippen molar-refractivity contribution in [2.24, 2.45) is 0 Å². The lowest BCUT2D eigenvalue weighted by Crippen LogP contribution is -2.19. The predicted octanol–water partition coefficient (Wildman–Crippen LogP) is 5.94. The van der Waals surface area contributed by atoms with E-state index in [4.69, 9.17) is 0 Å². The van der Waals surface area contributed by atoms with Crippen LogP contribution < -0.4 is 10.2 Å². The molecule has 0 aliphatic carbocycles. The van der Waals surface area contributed by atoms with Gasteiger partial charge in [0.2, 0.25) is 11.6 Å². The van der Waals surface area contributed by atoms with Crippen LogP contribution in [0.5, 0.6) is 0 Å². The highest BCUT2D eigenvalue weighted by atomic mass is 16.6. The van der Waals surface area contributed by atoms with Crippen LogP contribution >= 0.6 is 0 Å². The van der Waals surface area contributed by atoms with Crippen LogP contribution in [0, 0.1) is 17.0 Å². The first-order valence-electron chi connectivity index (χ1n) is 10.2. The molecule has 1 heterocycles. The number of benzene rings is 2. The summed E-state index contributed by atoms with van der Waals surface area (Å²) in [5, 5.41) is 15.1. The molecule has 1 N–H and O–H groups in total. The Morgan fingerprint density at radius 2 is 1.87 bits per heavy atom. The van der Waals surface area contributed by atoms with Gasteiger partial charge in [0.15, 0.2) is 0 Å². The molecule has 30 heavy (non-hydrogen) atoms. The van der Waals surface area contributed by atoms with E-state index >= 15 is 0 Å². The van der Waals surface area contributed by atoms with Crippen LogP contribution in [-0.4, -0.2) is 21.4 Å². The number of aryl methyl sites for hydroxylation is 2. The normalized spacial score (nSPS) is 10.6. The van der Waals surface area contributed by atoms with Crippen molar-refractivity contribution in [3.63, 3.8) is 0 Å². The van der Waals surface area contributed by atoms with Crippen molar-refractivity contribution < 1.29 is 4.92 Å². The van der Waals surface area contributed by atoms with Crippen molar-refractivity contribution in [1.29, 1.82) is 0 Å². The highest BCUT2D eigenvalue weighted by molar-refractivity contribution is 5.78. The zero-order valence-corrected chi connectivity index (χ0v) is 17.6. The van der Waals surface area contributed by atoms with Gasteiger partial charge in [-0.25, -0.2) is 9.97 Å². The molecule has 0 spiro atoms. The van der Waals surface area contributed by atoms with Gasteiger partial charge in [-0.3, -0.25) is 10.1 Å². The highest BCUT2D eigenvalue weighted by Gasteiger charge is 2.27. The van der Waals surface area contributed by atoms with Crippen molar-refractivity contribution >= 4 is 28.7 Å². The standard InChI is InChI=1S/C23H27N5O2/c1-4-6-9-18-11-13-19(14-12-18)26-22-21(28(29)30)23(25-16-24-22)27(5-2)20-10-7-8-17(3)15-20/h7-8,10-16H,4-6,9H2,1-3H3,(H,24,25,26). The number of anilines is 4. The fourth-order valence-electron chi connectivity index (χ4n) is 3.35. The van der Waals surface area contributed by atoms with Crippen molar-refractivity contribution in [1.82, 2.24) is 9.97 Å². The van der Waals surface area contributed by atoms with Crippen LogP contribution in [0.4, 0.5) is 28.7 Å². The number of rotatable bonds is 9. The number of unbranched alkanes of at least 4 members (excludes halogenated alkanes) is 1. The molecule has 0 saturated heterocycles. The third-order valence-electron chi connectivity index (χ3n) is 4.91. The lowest BCUT2D eigenvalue weighted by Gasteiger charge is -2.22. The summed E-state index contributed by atoms with van der Waals surface area (Å²) in [7, 11) is 0. The molecule has 156 valence electrons. The van der Waals surface area contributed by atoms with E-state index in [0.717, 1.165) is 36.2 Å². The van der Waals surface area contributed by atoms with Gasteiger partial charge in [-0.05, 0) is 62.1 Å². The fraction of sp³-hybridized carbons (Fsp3) is 0.304. The van der Waals surface area contributed by atoms with Gasteiger partial charge in [0.1, 0.15) is 6.33 Å². The third kappa shape index (κ3) is 4.92. The Balaban J connectivity index is 1.95. The summed E-state index contributed by atoms with van der Waals surface area (Å²) in [6, 6.07) is 15.8. The van der Waals surface area contributed by atoms with Crippen molar-refractivity contribution in [2.45, 2.75) is 40.0 Å². The molecule has 0 amide bonds. The van der Waals surface area contributed by atoms with Gasteiger partial charge in [-0.1, -0.05) is 37.6 Å². The summed E-state index contributed by atoms with van der Waals surface area (Å²) in [4.78, 5) is 21.8. The number of nitrogens with zero attached hydrogens (tertiary/aromatic N) is 4. The Labute approximate surface area is 177 Å². The molecule has 0 bridgehead atoms. The summed E-state index contributed by atoms with van der Waals surface area (Å²) in [5.74, 6) is 0.447. The van der Waals surface area contributed by atoms with Crippen LogP contribution in [-0.2, 0) is 6.42 Å². The van der Waals surface area contributed by atoms with Gasteiger partial charge in [0, 0.05) is 17.9 Å². The molecule has 0 saturated carbocycles. The van der Waals surface area contributed by atoms with Crippen LogP contribution in [0.15, 0.2) is 54.9 Å². The first-order valence-corrected chi connectivity index (χ1v) is 10.2. The zero-order valence-electron chi connectivity index (χ0n) is 17.6. The average molecular weight is 406 g/mol. The average Bonchev–Trinajstić information content (AvgIpc) is 2.74. The van der Waals surface area contributed by atoms with Gasteiger partial charge < -0.3 is 10.2 Å². The van der Waals surface area contributed by atoms with Gasteiger partial charge in [0.25, 0.3) is 0 Å². The van der Waals surface area contributed by atoms with Gasteiger partial charge >= 0.3 is 5.69 Å². The maximum Gasteiger partial charge on any atom is 0.354 e. The summed E-state index contributed by atoms with van der Waals surface area (Å²) in [6.45, 7) is 6.63. The van der Waals surface area contributed by atoms with E-state index in [1.807, 2.05) is 67.3 Å². The van der Waals surface area contributed by atoms with E-state index in [2.05, 4.69) is 22.2 Å². The molecule has 0 radical (unpaired) electrons. The van der Waals surface area contributed by atoms with Crippen LogP contribution in [0.25, 0.3) is 0 Å². The van der Waals surface area contributed by atoms with E-state index < -0.39 is 4.92 Å². The van der Waals surface area contributed by atoms with E-state index in [1.54, 1.807) is 0 Å². The molecule has 7 nitrogen and oxygen atoms in total. The molecule has 0 aliphatic rings. The first kappa shape index (κ1) is 21.2. The zero-order chi connectivity index (χ0) is 21.5. The molecule has 0 unspecified atom stereocenters. The van der Waals surface area contributed by atoms with Crippen LogP contribution in [0.1, 0.15) is 37.8 Å². The molecule has 0 atom stereocenters. The Morgan fingerprint density at radius 1 is 1.10 bits per heavy atom. The number of nitro groups is 1. The molecular formula is C23H27N5O2. The Morgan fingerprint density at radius 3 is 2.50 bits per heavy atom. The molecule has 7 heteroatoms. The summed E-state index contributed by atoms with van der Waals surface area (Å²) >= 11 is 0. The Hall–Kier alpha value is -3.48. The second-order valence-electron chi connectivity index (χ2n) is 7.16. The third-order valence-corrected chi connectivity index (χ3v) is 4.91. The SMILES string of the molecule is CCCCc1ccc(Nc2ncnc(N(CC)c3cccc(C)c3)c2[N+](=O)[O-])cc1. The smallest absolute Gasteiger partial charge is 0.334 e. The van der Waals surface area contributed by atoms with Crippen LogP contribution in [0.3, 0.4) is 0 Å². The summed E-state index contributed by atoms with van der Waals surface area (Å²) in [5.41, 5.74) is 3.78. The monoisotopic (exact) mass is 405 g/mol. The lowest BCUT2D eigenvalue weighted by molar-refractivity contribution is -0.383. The topological polar surface area (TPSA) is 84.2 Å². The maximum atomic E-state index is 12.0. The molecule has 3 rings (SSSR count). The van der Waals surface area contributed by atoms with E-state index in [0.29, 0.717) is 6.54 Å². The number of nitrogens with one attached hydrogen (secondary N) is 1. The fourth-order valence-corrected chi connectivity index (χ4v) is 3.35. The van der Waals surface area contributed by atoms with Gasteiger partial charge in [-0.2, -0.15) is 0 Å². The quantitative estimate of drug-likeness (QED) is 0.350. The molecular weight excluding hydrogens is 378 g/mol. The minimum absolute atomic E-state index is 0.143. The second-order valence-corrected chi connectivity index (χ2v) is 7.16. The second kappa shape index (κ2) is 9.82. The minimum Gasteiger partial charge on any atom is -0.334 e. The van der Waals surface area contributed by atoms with Crippen LogP contribution in [0.2, 0.25) is 0 Å². The number of hydrogen-bond donors (Lipinski definition) is 1. The van der Waals surface area contributed by atoms with Crippen molar-refractivity contribution in [3.8, 4) is 0 Å². The summed E-state index contributed by atoms with van der Waals surface area (Å²) < 4.78 is 0. The van der Waals surface area contributed by atoms with Gasteiger partial charge in [0.05, 0.1) is 4.92 Å². The molecule has 3 aromatic rings. The molecule has 1 aromatic heterocycles. The molecule has 2 aromatic carbocycles. The predicted molar refractivity (Wildman–Crippen MR) is 121 cm³/mol. The summed E-state index contributed by atoms with van der Waals surface area (Å²) in [6.07, 6.45) is 4.67. The van der Waals surface area contributed by atoms with E-state index in [1.165, 1.54) is 11.9 Å². The minimum atomic E-state index is -0.425. The number of aromatic nitrogens is 2. The number of hydrogen-bond acceptors (Lipinski definition) is 6. The molecule has 0 aliphatic heterocycles. The largest absolute Gasteiger partial charge is 0.354 e. The molecule has 0 fully saturated rings. The van der Waals surface area contributed by atoms with E-state index in [9.17, 15) is 10.1 Å². The van der Waals surface area contributed by atoms with Gasteiger partial charge in [-0.15, -0.1) is 0 Å². The Bertz CT molecular complexity index is 1000. The van der Waals surface area contributed by atoms with Crippen molar-refractivity contribution in [2.75, 3.05) is 16.8 Å². The van der Waals surface area contributed by atoms with Crippen molar-refractivity contribution in [3.05, 3.63) is 76.1 Å². The highest BCUT2D eigenvalue weighted by Crippen LogP contribution is 2.37. The maximum absolute atomic E-state index is 12.0. The first-order chi connectivity index (χ1) is 14.5. The Kier molecular flexibility index (Phi) is 6.95. The lowest BCUT2D eigenvalue weighted by atomic mass is 10.1. The van der Waals surface area contributed by atoms with E-state index in [-0.39, 0.29) is 17.3 Å².